The zero-order valence-corrected chi connectivity index (χ0v) is 20.0. The zero-order chi connectivity index (χ0) is 21.9. The molecule has 0 saturated carbocycles. The summed E-state index contributed by atoms with van der Waals surface area (Å²) in [5.74, 6) is 0.468. The number of carbonyl (C=O) groups excluding carboxylic acids is 1. The number of carboxylic acid groups (broad SMARTS) is 1. The average molecular weight is 443 g/mol. The molecule has 0 spiro atoms. The Morgan fingerprint density at radius 2 is 1.42 bits per heavy atom. The summed E-state index contributed by atoms with van der Waals surface area (Å²) in [7, 11) is 0. The van der Waals surface area contributed by atoms with Crippen LogP contribution in [0, 0.1) is 0 Å². The third-order valence-corrected chi connectivity index (χ3v) is 5.13. The van der Waals surface area contributed by atoms with Gasteiger partial charge in [-0.05, 0) is 35.0 Å². The smallest absolute Gasteiger partial charge is 0.546 e. The van der Waals surface area contributed by atoms with Crippen LogP contribution in [0.4, 0.5) is 0 Å². The maximum Gasteiger partial charge on any atom is 1.00 e. The maximum absolute atomic E-state index is 10.6. The van der Waals surface area contributed by atoms with Crippen LogP contribution in [0.1, 0.15) is 0 Å². The second kappa shape index (κ2) is 10.0. The van der Waals surface area contributed by atoms with Crippen LogP contribution in [0.3, 0.4) is 0 Å². The summed E-state index contributed by atoms with van der Waals surface area (Å²) in [5.41, 5.74) is 3.58. The van der Waals surface area contributed by atoms with Gasteiger partial charge in [-0.3, -0.25) is 0 Å². The molecule has 0 aliphatic rings. The topological polar surface area (TPSA) is 75.4 Å². The van der Waals surface area contributed by atoms with E-state index in [9.17, 15) is 9.90 Å². The number of nitrogens with zero attached hydrogens (tertiary/aromatic N) is 1. The number of rotatable bonds is 6. The van der Waals surface area contributed by atoms with Crippen LogP contribution in [0.2, 0.25) is 0 Å². The zero-order valence-electron chi connectivity index (χ0n) is 18.0. The summed E-state index contributed by atoms with van der Waals surface area (Å²) < 4.78 is 11.5. The molecule has 0 amide bonds. The van der Waals surface area contributed by atoms with Crippen LogP contribution in [0.15, 0.2) is 101 Å². The number of carboxylic acids is 1. The molecule has 0 N–H and O–H groups in total. The molecule has 156 valence electrons. The summed E-state index contributed by atoms with van der Waals surface area (Å²) in [6.07, 6.45) is 0. The summed E-state index contributed by atoms with van der Waals surface area (Å²) in [5, 5.41) is 12.5. The molecule has 33 heavy (non-hydrogen) atoms. The molecule has 5 rings (SSSR count). The van der Waals surface area contributed by atoms with E-state index < -0.39 is 12.6 Å². The predicted octanol–water partition coefficient (Wildman–Crippen LogP) is 1.96. The summed E-state index contributed by atoms with van der Waals surface area (Å²) in [6, 6.07) is 31.2. The van der Waals surface area contributed by atoms with Gasteiger partial charge in [0.2, 0.25) is 5.89 Å². The van der Waals surface area contributed by atoms with Gasteiger partial charge in [-0.15, -0.1) is 0 Å². The molecule has 0 aliphatic heterocycles. The van der Waals surface area contributed by atoms with Crippen molar-refractivity contribution in [3.05, 3.63) is 97.1 Å². The van der Waals surface area contributed by atoms with Crippen LogP contribution in [-0.4, -0.2) is 17.6 Å². The van der Waals surface area contributed by atoms with E-state index in [1.54, 1.807) is 12.1 Å². The van der Waals surface area contributed by atoms with Crippen molar-refractivity contribution in [2.24, 2.45) is 0 Å². The molecule has 0 bridgehead atoms. The molecule has 0 aliphatic carbocycles. The first-order valence-electron chi connectivity index (χ1n) is 10.2. The van der Waals surface area contributed by atoms with E-state index in [-0.39, 0.29) is 29.6 Å². The van der Waals surface area contributed by atoms with Crippen molar-refractivity contribution in [3.8, 4) is 39.8 Å². The minimum atomic E-state index is -1.26. The van der Waals surface area contributed by atoms with Crippen molar-refractivity contribution < 1.29 is 48.6 Å². The second-order valence-electron chi connectivity index (χ2n) is 7.31. The van der Waals surface area contributed by atoms with Crippen molar-refractivity contribution >= 4 is 16.7 Å². The van der Waals surface area contributed by atoms with Crippen LogP contribution < -0.4 is 39.4 Å². The Labute approximate surface area is 213 Å². The van der Waals surface area contributed by atoms with Gasteiger partial charge in [-0.1, -0.05) is 72.8 Å². The van der Waals surface area contributed by atoms with Crippen molar-refractivity contribution in [2.45, 2.75) is 0 Å². The number of fused-ring (bicyclic) bond motifs is 1. The van der Waals surface area contributed by atoms with E-state index in [0.717, 1.165) is 38.9 Å². The number of oxazole rings is 1. The molecule has 0 fully saturated rings. The van der Waals surface area contributed by atoms with Gasteiger partial charge in [-0.25, -0.2) is 4.98 Å². The Hall–Kier alpha value is -3.38. The first kappa shape index (κ1) is 22.8. The average Bonchev–Trinajstić information content (AvgIpc) is 3.29. The fourth-order valence-electron chi connectivity index (χ4n) is 3.61. The molecule has 1 heterocycles. The van der Waals surface area contributed by atoms with E-state index in [1.807, 2.05) is 84.9 Å². The monoisotopic (exact) mass is 443 g/mol. The number of hydrogen-bond acceptors (Lipinski definition) is 5. The molecule has 5 aromatic rings. The van der Waals surface area contributed by atoms with Gasteiger partial charge in [0, 0.05) is 16.7 Å². The Morgan fingerprint density at radius 1 is 0.788 bits per heavy atom. The minimum absolute atomic E-state index is 0. The van der Waals surface area contributed by atoms with Gasteiger partial charge < -0.3 is 19.1 Å². The predicted molar refractivity (Wildman–Crippen MR) is 121 cm³/mol. The second-order valence-corrected chi connectivity index (χ2v) is 7.31. The van der Waals surface area contributed by atoms with Crippen molar-refractivity contribution in [2.75, 3.05) is 6.61 Å². The number of aliphatic carboxylic acids is 1. The third-order valence-electron chi connectivity index (χ3n) is 5.13. The molecular weight excluding hydrogens is 425 g/mol. The summed E-state index contributed by atoms with van der Waals surface area (Å²) in [4.78, 5) is 15.5. The number of ether oxygens (including phenoxy) is 1. The van der Waals surface area contributed by atoms with Gasteiger partial charge in [-0.2, -0.15) is 0 Å². The Balaban J connectivity index is 0.00000259. The van der Waals surface area contributed by atoms with Gasteiger partial charge in [0.25, 0.3) is 0 Å². The molecule has 4 aromatic carbocycles. The molecule has 0 unspecified atom stereocenters. The quantitative estimate of drug-likeness (QED) is 0.375. The van der Waals surface area contributed by atoms with Gasteiger partial charge in [0.15, 0.2) is 5.76 Å². The molecule has 0 radical (unpaired) electrons. The standard InChI is InChI=1S/C27H19NO4.Na/c29-24(30)17-31-23-14-13-20-15-22(12-11-21(20)16-23)27-28-25(18-7-3-1-4-8-18)26(32-27)19-9-5-2-6-10-19;/h1-16H,17H2,(H,29,30);/q;+1/p-1. The fourth-order valence-corrected chi connectivity index (χ4v) is 3.61. The van der Waals surface area contributed by atoms with Crippen molar-refractivity contribution in [1.82, 2.24) is 4.98 Å². The fraction of sp³-hybridized carbons (Fsp3) is 0.0370. The van der Waals surface area contributed by atoms with Crippen LogP contribution in [0.5, 0.6) is 5.75 Å². The molecule has 5 nitrogen and oxygen atoms in total. The maximum atomic E-state index is 10.6. The van der Waals surface area contributed by atoms with Crippen LogP contribution in [-0.2, 0) is 4.79 Å². The number of benzene rings is 4. The normalized spacial score (nSPS) is 10.5. The molecule has 0 atom stereocenters. The van der Waals surface area contributed by atoms with E-state index in [2.05, 4.69) is 0 Å². The first-order chi connectivity index (χ1) is 15.7. The summed E-state index contributed by atoms with van der Waals surface area (Å²) in [6.45, 7) is -0.482. The van der Waals surface area contributed by atoms with E-state index in [0.29, 0.717) is 11.6 Å². The SMILES string of the molecule is O=C([O-])COc1ccc2cc(-c3nc(-c4ccccc4)c(-c4ccccc4)o3)ccc2c1.[Na+]. The number of carbonyl (C=O) groups is 1. The van der Waals surface area contributed by atoms with E-state index >= 15 is 0 Å². The number of hydrogen-bond donors (Lipinski definition) is 0. The van der Waals surface area contributed by atoms with Crippen molar-refractivity contribution in [3.63, 3.8) is 0 Å². The number of aromatic nitrogens is 1. The third kappa shape index (κ3) is 5.01. The molecule has 0 saturated heterocycles. The van der Waals surface area contributed by atoms with Gasteiger partial charge in [0.1, 0.15) is 18.1 Å². The van der Waals surface area contributed by atoms with Gasteiger partial charge >= 0.3 is 29.6 Å². The molecule has 6 heteroatoms. The molecular formula is C27H18NNaO4. The minimum Gasteiger partial charge on any atom is -0.546 e. The van der Waals surface area contributed by atoms with Gasteiger partial charge in [0.05, 0.1) is 5.97 Å². The Kier molecular flexibility index (Phi) is 6.94. The Morgan fingerprint density at radius 3 is 2.12 bits per heavy atom. The Bertz CT molecular complexity index is 1340. The van der Waals surface area contributed by atoms with E-state index in [4.69, 9.17) is 14.1 Å². The van der Waals surface area contributed by atoms with Crippen molar-refractivity contribution in [1.29, 1.82) is 0 Å². The largest absolute Gasteiger partial charge is 1.00 e. The van der Waals surface area contributed by atoms with Crippen LogP contribution in [0.25, 0.3) is 44.8 Å². The van der Waals surface area contributed by atoms with Crippen LogP contribution >= 0.6 is 0 Å². The first-order valence-corrected chi connectivity index (χ1v) is 10.2. The molecule has 1 aromatic heterocycles. The summed E-state index contributed by atoms with van der Waals surface area (Å²) >= 11 is 0. The van der Waals surface area contributed by atoms with E-state index in [1.165, 1.54) is 0 Å².